The normalized spacial score (nSPS) is 13.4. The van der Waals surface area contributed by atoms with E-state index in [0.717, 1.165) is 0 Å². The van der Waals surface area contributed by atoms with Gasteiger partial charge in [0.25, 0.3) is 0 Å². The largest absolute Gasteiger partial charge is 0.481 e. The van der Waals surface area contributed by atoms with Crippen molar-refractivity contribution in [3.8, 4) is 6.07 Å². The molecule has 2 N–H and O–H groups in total. The second kappa shape index (κ2) is 4.66. The van der Waals surface area contributed by atoms with E-state index in [9.17, 15) is 9.59 Å². The number of nitrogens with zero attached hydrogens (tertiary/aromatic N) is 1. The maximum atomic E-state index is 11.2. The number of carbonyl (C=O) groups is 2. The van der Waals surface area contributed by atoms with Gasteiger partial charge in [-0.25, -0.2) is 0 Å². The van der Waals surface area contributed by atoms with E-state index in [1.54, 1.807) is 0 Å². The van der Waals surface area contributed by atoms with Crippen LogP contribution in [0.2, 0.25) is 0 Å². The van der Waals surface area contributed by atoms with Gasteiger partial charge in [-0.3, -0.25) is 9.59 Å². The lowest BCUT2D eigenvalue weighted by atomic mass is 9.79. The van der Waals surface area contributed by atoms with Crippen molar-refractivity contribution in [3.63, 3.8) is 0 Å². The number of aliphatic carboxylic acids is 2. The fourth-order valence-electron chi connectivity index (χ4n) is 1.52. The number of hydrogen-bond donors (Lipinski definition) is 2. The van der Waals surface area contributed by atoms with Crippen molar-refractivity contribution in [2.75, 3.05) is 0 Å². The Labute approximate surface area is 97.9 Å². The summed E-state index contributed by atoms with van der Waals surface area (Å²) in [7, 11) is 0. The molecule has 17 heavy (non-hydrogen) atoms. The minimum Gasteiger partial charge on any atom is -0.481 e. The lowest BCUT2D eigenvalue weighted by molar-refractivity contribution is -0.149. The zero-order valence-corrected chi connectivity index (χ0v) is 9.17. The molecule has 5 nitrogen and oxygen atoms in total. The molecule has 0 amide bonds. The van der Waals surface area contributed by atoms with Crippen molar-refractivity contribution in [1.29, 1.82) is 5.26 Å². The van der Waals surface area contributed by atoms with Crippen molar-refractivity contribution < 1.29 is 19.8 Å². The summed E-state index contributed by atoms with van der Waals surface area (Å²) in [5.41, 5.74) is -0.719. The standard InChI is InChI=1S/C12H11NO4/c1-12(11(16)17,6-10(14)15)9-4-2-8(7-13)3-5-9/h2-5H,6H2,1H3,(H,14,15)(H,16,17). The summed E-state index contributed by atoms with van der Waals surface area (Å²) in [5.74, 6) is -2.39. The summed E-state index contributed by atoms with van der Waals surface area (Å²) in [6.07, 6.45) is -0.506. The summed E-state index contributed by atoms with van der Waals surface area (Å²) >= 11 is 0. The zero-order valence-electron chi connectivity index (χ0n) is 9.17. The molecule has 5 heteroatoms. The Hall–Kier alpha value is -2.35. The maximum absolute atomic E-state index is 11.2. The molecule has 0 spiro atoms. The molecular weight excluding hydrogens is 222 g/mol. The molecule has 1 atom stereocenters. The lowest BCUT2D eigenvalue weighted by Crippen LogP contribution is -2.34. The second-order valence-corrected chi connectivity index (χ2v) is 3.90. The molecule has 0 fully saturated rings. The molecule has 0 bridgehead atoms. The van der Waals surface area contributed by atoms with Gasteiger partial charge in [-0.15, -0.1) is 0 Å². The van der Waals surface area contributed by atoms with E-state index in [1.165, 1.54) is 31.2 Å². The Morgan fingerprint density at radius 2 is 1.82 bits per heavy atom. The van der Waals surface area contributed by atoms with Crippen LogP contribution in [0.25, 0.3) is 0 Å². The van der Waals surface area contributed by atoms with Crippen LogP contribution in [-0.2, 0) is 15.0 Å². The van der Waals surface area contributed by atoms with Gasteiger partial charge in [-0.2, -0.15) is 5.26 Å². The van der Waals surface area contributed by atoms with Crippen LogP contribution in [0.1, 0.15) is 24.5 Å². The van der Waals surface area contributed by atoms with Crippen LogP contribution in [0.15, 0.2) is 24.3 Å². The summed E-state index contributed by atoms with van der Waals surface area (Å²) in [6, 6.07) is 7.79. The minimum atomic E-state index is -1.49. The molecule has 1 aromatic carbocycles. The Kier molecular flexibility index (Phi) is 3.49. The maximum Gasteiger partial charge on any atom is 0.314 e. The van der Waals surface area contributed by atoms with Gasteiger partial charge >= 0.3 is 11.9 Å². The molecule has 0 aliphatic carbocycles. The van der Waals surface area contributed by atoms with Gasteiger partial charge in [0, 0.05) is 0 Å². The van der Waals surface area contributed by atoms with Gasteiger partial charge in [-0.05, 0) is 24.6 Å². The summed E-state index contributed by atoms with van der Waals surface area (Å²) in [5, 5.41) is 26.5. The molecule has 1 rings (SSSR count). The van der Waals surface area contributed by atoms with Crippen molar-refractivity contribution in [3.05, 3.63) is 35.4 Å². The summed E-state index contributed by atoms with van der Waals surface area (Å²) in [4.78, 5) is 21.9. The van der Waals surface area contributed by atoms with Crippen molar-refractivity contribution in [2.45, 2.75) is 18.8 Å². The molecular formula is C12H11NO4. The van der Waals surface area contributed by atoms with Crippen LogP contribution in [-0.4, -0.2) is 22.2 Å². The summed E-state index contributed by atoms with van der Waals surface area (Å²) in [6.45, 7) is 1.35. The first kappa shape index (κ1) is 12.7. The Morgan fingerprint density at radius 3 is 2.18 bits per heavy atom. The minimum absolute atomic E-state index is 0.367. The first-order chi connectivity index (χ1) is 7.90. The molecule has 0 heterocycles. The molecule has 1 unspecified atom stereocenters. The second-order valence-electron chi connectivity index (χ2n) is 3.90. The average molecular weight is 233 g/mol. The topological polar surface area (TPSA) is 98.4 Å². The van der Waals surface area contributed by atoms with E-state index in [-0.39, 0.29) is 0 Å². The zero-order chi connectivity index (χ0) is 13.1. The predicted octanol–water partition coefficient (Wildman–Crippen LogP) is 1.38. The molecule has 88 valence electrons. The predicted molar refractivity (Wildman–Crippen MR) is 58.4 cm³/mol. The van der Waals surface area contributed by atoms with Gasteiger partial charge in [0.1, 0.15) is 5.41 Å². The van der Waals surface area contributed by atoms with E-state index < -0.39 is 23.8 Å². The highest BCUT2D eigenvalue weighted by molar-refractivity contribution is 5.86. The van der Waals surface area contributed by atoms with Gasteiger partial charge < -0.3 is 10.2 Å². The fraction of sp³-hybridized carbons (Fsp3) is 0.250. The molecule has 1 aromatic rings. The van der Waals surface area contributed by atoms with Crippen molar-refractivity contribution in [2.24, 2.45) is 0 Å². The monoisotopic (exact) mass is 233 g/mol. The van der Waals surface area contributed by atoms with Crippen molar-refractivity contribution >= 4 is 11.9 Å². The first-order valence-corrected chi connectivity index (χ1v) is 4.86. The number of rotatable bonds is 4. The van der Waals surface area contributed by atoms with Gasteiger partial charge in [0.05, 0.1) is 18.1 Å². The molecule has 0 aliphatic heterocycles. The van der Waals surface area contributed by atoms with E-state index in [1.807, 2.05) is 6.07 Å². The quantitative estimate of drug-likeness (QED) is 0.818. The van der Waals surface area contributed by atoms with Crippen LogP contribution in [0.3, 0.4) is 0 Å². The Morgan fingerprint density at radius 1 is 1.29 bits per heavy atom. The Balaban J connectivity index is 3.18. The highest BCUT2D eigenvalue weighted by Crippen LogP contribution is 2.28. The van der Waals surface area contributed by atoms with Gasteiger partial charge in [0.2, 0.25) is 0 Å². The highest BCUT2D eigenvalue weighted by Gasteiger charge is 2.37. The average Bonchev–Trinajstić information content (AvgIpc) is 2.28. The van der Waals surface area contributed by atoms with Crippen LogP contribution in [0.4, 0.5) is 0 Å². The fourth-order valence-corrected chi connectivity index (χ4v) is 1.52. The molecule has 0 saturated heterocycles. The van der Waals surface area contributed by atoms with Crippen LogP contribution >= 0.6 is 0 Å². The number of carboxylic acid groups (broad SMARTS) is 2. The van der Waals surface area contributed by atoms with E-state index in [0.29, 0.717) is 11.1 Å². The number of carboxylic acids is 2. The molecule has 0 radical (unpaired) electrons. The van der Waals surface area contributed by atoms with Crippen LogP contribution < -0.4 is 0 Å². The number of hydrogen-bond acceptors (Lipinski definition) is 3. The third-order valence-electron chi connectivity index (χ3n) is 2.63. The highest BCUT2D eigenvalue weighted by atomic mass is 16.4. The smallest absolute Gasteiger partial charge is 0.314 e. The van der Waals surface area contributed by atoms with E-state index in [2.05, 4.69) is 0 Å². The Bertz CT molecular complexity index is 486. The molecule has 0 saturated carbocycles. The molecule has 0 aromatic heterocycles. The van der Waals surface area contributed by atoms with E-state index in [4.69, 9.17) is 15.5 Å². The molecule has 0 aliphatic rings. The van der Waals surface area contributed by atoms with E-state index >= 15 is 0 Å². The SMILES string of the molecule is CC(CC(=O)O)(C(=O)O)c1ccc(C#N)cc1. The number of benzene rings is 1. The van der Waals surface area contributed by atoms with Crippen LogP contribution in [0.5, 0.6) is 0 Å². The van der Waals surface area contributed by atoms with Crippen LogP contribution in [0, 0.1) is 11.3 Å². The third kappa shape index (κ3) is 2.61. The number of nitriles is 1. The van der Waals surface area contributed by atoms with Crippen molar-refractivity contribution in [1.82, 2.24) is 0 Å². The third-order valence-corrected chi connectivity index (χ3v) is 2.63. The summed E-state index contributed by atoms with van der Waals surface area (Å²) < 4.78 is 0. The van der Waals surface area contributed by atoms with Gasteiger partial charge in [-0.1, -0.05) is 12.1 Å². The lowest BCUT2D eigenvalue weighted by Gasteiger charge is -2.23. The van der Waals surface area contributed by atoms with Gasteiger partial charge in [0.15, 0.2) is 0 Å². The first-order valence-electron chi connectivity index (χ1n) is 4.86.